The Morgan fingerprint density at radius 2 is 2.14 bits per heavy atom. The lowest BCUT2D eigenvalue weighted by atomic mass is 10.3. The minimum absolute atomic E-state index is 0.196. The summed E-state index contributed by atoms with van der Waals surface area (Å²) in [5.74, 6) is 0. The van der Waals surface area contributed by atoms with Crippen LogP contribution in [0.3, 0.4) is 0 Å². The molecule has 0 fully saturated rings. The number of benzene rings is 1. The maximum absolute atomic E-state index is 11.8. The standard InChI is InChI=1S/C9H10N2O2S/c1-10-14(2,12)9-11-7-5-3-4-6-8(7)13-9/h3-6H,1-2H3. The Bertz CT molecular complexity index is 546. The molecule has 0 saturated carbocycles. The second kappa shape index (κ2) is 3.09. The molecule has 74 valence electrons. The Hall–Kier alpha value is -1.36. The van der Waals surface area contributed by atoms with Gasteiger partial charge in [-0.05, 0) is 12.1 Å². The van der Waals surface area contributed by atoms with E-state index in [9.17, 15) is 4.21 Å². The molecule has 1 aromatic heterocycles. The third kappa shape index (κ3) is 1.39. The molecule has 0 amide bonds. The SMILES string of the molecule is CN=S(C)(=O)c1nc2ccccc2o1. The van der Waals surface area contributed by atoms with Gasteiger partial charge in [-0.2, -0.15) is 0 Å². The third-order valence-electron chi connectivity index (χ3n) is 1.95. The first-order chi connectivity index (χ1) is 6.63. The van der Waals surface area contributed by atoms with E-state index in [0.29, 0.717) is 11.1 Å². The number of nitrogens with zero attached hydrogens (tertiary/aromatic N) is 2. The van der Waals surface area contributed by atoms with Crippen LogP contribution in [0.15, 0.2) is 38.3 Å². The Labute approximate surface area is 82.1 Å². The normalized spacial score (nSPS) is 15.3. The summed E-state index contributed by atoms with van der Waals surface area (Å²) in [6.45, 7) is 0. The lowest BCUT2D eigenvalue weighted by Crippen LogP contribution is -1.96. The third-order valence-corrected chi connectivity index (χ3v) is 3.47. The van der Waals surface area contributed by atoms with Gasteiger partial charge in [-0.25, -0.2) is 13.6 Å². The van der Waals surface area contributed by atoms with E-state index in [-0.39, 0.29) is 5.22 Å². The number of hydrogen-bond donors (Lipinski definition) is 0. The van der Waals surface area contributed by atoms with E-state index in [1.165, 1.54) is 13.3 Å². The van der Waals surface area contributed by atoms with Crippen LogP contribution in [0.25, 0.3) is 11.1 Å². The Balaban J connectivity index is 2.74. The molecule has 4 nitrogen and oxygen atoms in total. The van der Waals surface area contributed by atoms with Gasteiger partial charge in [0.1, 0.15) is 15.2 Å². The van der Waals surface area contributed by atoms with Crippen LogP contribution in [0.4, 0.5) is 0 Å². The van der Waals surface area contributed by atoms with Crippen molar-refractivity contribution in [3.8, 4) is 0 Å². The van der Waals surface area contributed by atoms with Gasteiger partial charge in [0.2, 0.25) is 0 Å². The average Bonchev–Trinajstić information content (AvgIpc) is 2.61. The second-order valence-corrected chi connectivity index (χ2v) is 5.25. The first-order valence-electron chi connectivity index (χ1n) is 4.09. The van der Waals surface area contributed by atoms with E-state index < -0.39 is 9.73 Å². The number of rotatable bonds is 1. The molecule has 2 rings (SSSR count). The zero-order chi connectivity index (χ0) is 10.2. The van der Waals surface area contributed by atoms with E-state index in [0.717, 1.165) is 0 Å². The molecule has 2 aromatic rings. The van der Waals surface area contributed by atoms with Gasteiger partial charge in [0.05, 0.1) is 0 Å². The fraction of sp³-hybridized carbons (Fsp3) is 0.222. The lowest BCUT2D eigenvalue weighted by molar-refractivity contribution is 0.476. The summed E-state index contributed by atoms with van der Waals surface area (Å²) in [5.41, 5.74) is 1.35. The molecule has 5 heteroatoms. The molecule has 0 aliphatic carbocycles. The molecule has 0 radical (unpaired) electrons. The molecule has 1 heterocycles. The lowest BCUT2D eigenvalue weighted by Gasteiger charge is -1.93. The topological polar surface area (TPSA) is 55.5 Å². The van der Waals surface area contributed by atoms with Crippen LogP contribution in [-0.4, -0.2) is 22.5 Å². The Kier molecular flexibility index (Phi) is 2.03. The van der Waals surface area contributed by atoms with Gasteiger partial charge in [-0.1, -0.05) is 12.1 Å². The van der Waals surface area contributed by atoms with Crippen molar-refractivity contribution in [2.75, 3.05) is 13.3 Å². The molecular weight excluding hydrogens is 200 g/mol. The smallest absolute Gasteiger partial charge is 0.296 e. The van der Waals surface area contributed by atoms with Gasteiger partial charge < -0.3 is 4.42 Å². The molecule has 14 heavy (non-hydrogen) atoms. The first kappa shape index (κ1) is 9.21. The zero-order valence-corrected chi connectivity index (χ0v) is 8.75. The van der Waals surface area contributed by atoms with Crippen LogP contribution in [-0.2, 0) is 9.73 Å². The molecule has 0 aliphatic rings. The fourth-order valence-electron chi connectivity index (χ4n) is 1.09. The van der Waals surface area contributed by atoms with Crippen molar-refractivity contribution in [1.29, 1.82) is 0 Å². The molecule has 1 aromatic carbocycles. The average molecular weight is 210 g/mol. The highest BCUT2D eigenvalue weighted by molar-refractivity contribution is 7.92. The van der Waals surface area contributed by atoms with Gasteiger partial charge in [0.25, 0.3) is 5.22 Å². The van der Waals surface area contributed by atoms with Crippen LogP contribution >= 0.6 is 0 Å². The van der Waals surface area contributed by atoms with Crippen LogP contribution < -0.4 is 0 Å². The Morgan fingerprint density at radius 3 is 2.79 bits per heavy atom. The zero-order valence-electron chi connectivity index (χ0n) is 7.93. The summed E-state index contributed by atoms with van der Waals surface area (Å²) in [6, 6.07) is 7.30. The summed E-state index contributed by atoms with van der Waals surface area (Å²) in [7, 11) is -0.966. The summed E-state index contributed by atoms with van der Waals surface area (Å²) in [5, 5.41) is 0.196. The highest BCUT2D eigenvalue weighted by Gasteiger charge is 2.13. The van der Waals surface area contributed by atoms with Gasteiger partial charge in [-0.15, -0.1) is 0 Å². The van der Waals surface area contributed by atoms with Crippen molar-refractivity contribution in [2.45, 2.75) is 5.22 Å². The van der Waals surface area contributed by atoms with E-state index in [2.05, 4.69) is 9.35 Å². The maximum atomic E-state index is 11.8. The highest BCUT2D eigenvalue weighted by Crippen LogP contribution is 2.18. The quantitative estimate of drug-likeness (QED) is 0.722. The Morgan fingerprint density at radius 1 is 1.43 bits per heavy atom. The summed E-state index contributed by atoms with van der Waals surface area (Å²) < 4.78 is 20.9. The largest absolute Gasteiger partial charge is 0.429 e. The second-order valence-electron chi connectivity index (χ2n) is 2.93. The first-order valence-corrected chi connectivity index (χ1v) is 6.01. The van der Waals surface area contributed by atoms with Crippen molar-refractivity contribution in [3.05, 3.63) is 24.3 Å². The molecule has 0 bridgehead atoms. The predicted molar refractivity (Wildman–Crippen MR) is 54.7 cm³/mol. The van der Waals surface area contributed by atoms with Gasteiger partial charge in [0, 0.05) is 13.3 Å². The van der Waals surface area contributed by atoms with E-state index >= 15 is 0 Å². The van der Waals surface area contributed by atoms with E-state index in [1.54, 1.807) is 6.07 Å². The van der Waals surface area contributed by atoms with Crippen molar-refractivity contribution in [2.24, 2.45) is 4.36 Å². The van der Waals surface area contributed by atoms with Crippen LogP contribution in [0.1, 0.15) is 0 Å². The van der Waals surface area contributed by atoms with Crippen molar-refractivity contribution in [1.82, 2.24) is 4.98 Å². The van der Waals surface area contributed by atoms with E-state index in [4.69, 9.17) is 4.42 Å². The molecule has 1 atom stereocenters. The van der Waals surface area contributed by atoms with Crippen LogP contribution in [0.5, 0.6) is 0 Å². The molecular formula is C9H10N2O2S. The minimum atomic E-state index is -2.46. The van der Waals surface area contributed by atoms with Gasteiger partial charge >= 0.3 is 0 Å². The molecule has 0 aliphatic heterocycles. The molecule has 0 saturated heterocycles. The van der Waals surface area contributed by atoms with Crippen molar-refractivity contribution >= 4 is 20.8 Å². The summed E-state index contributed by atoms with van der Waals surface area (Å²) >= 11 is 0. The number of fused-ring (bicyclic) bond motifs is 1. The monoisotopic (exact) mass is 210 g/mol. The van der Waals surface area contributed by atoms with Crippen molar-refractivity contribution < 1.29 is 8.63 Å². The maximum Gasteiger partial charge on any atom is 0.296 e. The van der Waals surface area contributed by atoms with Gasteiger partial charge in [0.15, 0.2) is 5.58 Å². The fourth-order valence-corrected chi connectivity index (χ4v) is 1.76. The predicted octanol–water partition coefficient (Wildman–Crippen LogP) is 1.91. The number of para-hydroxylation sites is 2. The summed E-state index contributed by atoms with van der Waals surface area (Å²) in [6.07, 6.45) is 1.51. The number of aromatic nitrogens is 1. The van der Waals surface area contributed by atoms with Crippen LogP contribution in [0, 0.1) is 0 Å². The molecule has 1 unspecified atom stereocenters. The van der Waals surface area contributed by atoms with Crippen molar-refractivity contribution in [3.63, 3.8) is 0 Å². The molecule has 0 spiro atoms. The van der Waals surface area contributed by atoms with Crippen LogP contribution in [0.2, 0.25) is 0 Å². The number of hydrogen-bond acceptors (Lipinski definition) is 4. The number of oxazole rings is 1. The minimum Gasteiger partial charge on any atom is -0.429 e. The van der Waals surface area contributed by atoms with E-state index in [1.807, 2.05) is 18.2 Å². The van der Waals surface area contributed by atoms with Gasteiger partial charge in [-0.3, -0.25) is 0 Å². The molecule has 0 N–H and O–H groups in total. The highest BCUT2D eigenvalue weighted by atomic mass is 32.2. The summed E-state index contributed by atoms with van der Waals surface area (Å²) in [4.78, 5) is 4.12.